The molecule has 1 radical (unpaired) electrons. The van der Waals surface area contributed by atoms with Crippen molar-refractivity contribution < 1.29 is 46.8 Å². The molecule has 0 aliphatic rings. The van der Waals surface area contributed by atoms with E-state index in [-0.39, 0.29) is 26.5 Å². The summed E-state index contributed by atoms with van der Waals surface area (Å²) in [4.78, 5) is 0. The monoisotopic (exact) mass is 1090 g/mol. The van der Waals surface area contributed by atoms with E-state index in [4.69, 9.17) is 10.0 Å². The lowest BCUT2D eigenvalue weighted by atomic mass is 10.1. The molecule has 0 heterocycles. The van der Waals surface area contributed by atoms with Crippen molar-refractivity contribution in [3.05, 3.63) is 0 Å². The van der Waals surface area contributed by atoms with Gasteiger partial charge in [-0.1, -0.05) is 214 Å². The van der Waals surface area contributed by atoms with Crippen molar-refractivity contribution in [3.63, 3.8) is 0 Å². The molecule has 0 aromatic carbocycles. The largest absolute Gasteiger partial charge is 1.00 e. The van der Waals surface area contributed by atoms with Crippen LogP contribution in [-0.2, 0) is 0 Å². The predicted molar refractivity (Wildman–Crippen MR) is 328 cm³/mol. The molecule has 0 atom stereocenters. The Bertz CT molecular complexity index is 667. The highest BCUT2D eigenvalue weighted by Crippen LogP contribution is 2.20. The van der Waals surface area contributed by atoms with E-state index in [1.807, 2.05) is 0 Å². The summed E-state index contributed by atoms with van der Waals surface area (Å²) in [7, 11) is 0. The minimum atomic E-state index is 0. The van der Waals surface area contributed by atoms with E-state index in [0.717, 1.165) is 0 Å². The molecule has 75 heavy (non-hydrogen) atoms. The van der Waals surface area contributed by atoms with Crippen LogP contribution < -0.4 is 18.8 Å². The van der Waals surface area contributed by atoms with E-state index in [9.17, 15) is 0 Å². The third-order valence-electron chi connectivity index (χ3n) is 15.8. The van der Waals surface area contributed by atoms with Crippen LogP contribution in [0.3, 0.4) is 0 Å². The molecule has 0 bridgehead atoms. The molecule has 0 aromatic rings. The van der Waals surface area contributed by atoms with Gasteiger partial charge in [-0.3, -0.25) is 0 Å². The van der Waals surface area contributed by atoms with Gasteiger partial charge in [0.15, 0.2) is 0 Å². The van der Waals surface area contributed by atoms with Crippen LogP contribution in [0.5, 0.6) is 0 Å². The Morgan fingerprint density at radius 2 is 0.227 bits per heavy atom. The second-order valence-electron chi connectivity index (χ2n) is 22.7. The summed E-state index contributed by atoms with van der Waals surface area (Å²) < 4.78 is 5.68. The molecule has 2 N–H and O–H groups in total. The van der Waals surface area contributed by atoms with Crippen LogP contribution in [0.1, 0.15) is 316 Å². The first-order valence-electron chi connectivity index (χ1n) is 32.9. The average Bonchev–Trinajstić information content (AvgIpc) is 3.40. The van der Waals surface area contributed by atoms with Gasteiger partial charge < -0.3 is 46.8 Å². The lowest BCUT2D eigenvalue weighted by Gasteiger charge is -2.39. The van der Waals surface area contributed by atoms with Gasteiger partial charge in [0.25, 0.3) is 0 Å². The van der Waals surface area contributed by atoms with E-state index >= 15 is 0 Å². The van der Waals surface area contributed by atoms with Crippen LogP contribution in [0.4, 0.5) is 0 Å². The summed E-state index contributed by atoms with van der Waals surface area (Å²) in [5, 5.41) is 14.0. The molecule has 6 nitrogen and oxygen atoms in total. The number of hydrogen-bond acceptors (Lipinski definition) is 2. The maximum Gasteiger partial charge on any atom is 0.482 e. The first kappa shape index (κ1) is 93.9. The first-order valence-corrected chi connectivity index (χ1v) is 32.9. The smallest absolute Gasteiger partial charge is 0.482 e. The summed E-state index contributed by atoms with van der Waals surface area (Å²) in [6.07, 6.45) is 44.2. The number of rotatable bonds is 48. The van der Waals surface area contributed by atoms with Crippen molar-refractivity contribution in [3.8, 4) is 0 Å². The molecule has 0 aromatic heterocycles. The maximum absolute atomic E-state index is 7.00. The van der Waals surface area contributed by atoms with Gasteiger partial charge in [0.05, 0.1) is 105 Å². The Labute approximate surface area is 473 Å². The van der Waals surface area contributed by atoms with Gasteiger partial charge in [-0.15, -0.1) is 0 Å². The summed E-state index contributed by atoms with van der Waals surface area (Å²) in [5.74, 6) is 0. The second kappa shape index (κ2) is 73.5. The molecular weight excluding hydrogens is 944 g/mol. The Kier molecular flexibility index (Phi) is 92.0. The number of nitrogens with zero attached hydrogens (tertiary/aromatic N) is 4. The summed E-state index contributed by atoms with van der Waals surface area (Å²) in [5.41, 5.74) is 0. The molecule has 0 aliphatic carbocycles. The van der Waals surface area contributed by atoms with Crippen molar-refractivity contribution >= 4 is 7.69 Å². The lowest BCUT2D eigenvalue weighted by molar-refractivity contribution is -0.929. The Morgan fingerprint density at radius 1 is 0.173 bits per heavy atom. The predicted octanol–water partition coefficient (Wildman–Crippen LogP) is 6.54. The van der Waals surface area contributed by atoms with Crippen LogP contribution >= 0.6 is 0 Å². The molecule has 0 spiro atoms. The van der Waals surface area contributed by atoms with Gasteiger partial charge >= 0.3 is 7.69 Å². The fourth-order valence-corrected chi connectivity index (χ4v) is 10.6. The highest BCUT2D eigenvalue weighted by Gasteiger charge is 2.28. The molecule has 0 aliphatic heterocycles. The molecule has 11 heteroatoms. The topological polar surface area (TPSA) is 40.5 Å². The first-order chi connectivity index (χ1) is 34.4. The van der Waals surface area contributed by atoms with E-state index in [1.165, 1.54) is 328 Å². The van der Waals surface area contributed by atoms with Crippen molar-refractivity contribution in [1.29, 1.82) is 0 Å². The van der Waals surface area contributed by atoms with Gasteiger partial charge in [0, 0.05) is 0 Å². The molecule has 0 amide bonds. The summed E-state index contributed by atoms with van der Waals surface area (Å²) in [6.45, 7) is 60.1. The molecular formula is C64H146BF4N4O2. The zero-order valence-corrected chi connectivity index (χ0v) is 54.7. The van der Waals surface area contributed by atoms with Crippen LogP contribution in [0.15, 0.2) is 0 Å². The van der Waals surface area contributed by atoms with Gasteiger partial charge in [-0.05, 0) is 103 Å². The van der Waals surface area contributed by atoms with Crippen molar-refractivity contribution in [2.45, 2.75) is 316 Å². The fraction of sp³-hybridized carbons (Fsp3) is 1.00. The average molecular weight is 1090 g/mol. The Hall–Kier alpha value is -0.455. The van der Waals surface area contributed by atoms with Crippen LogP contribution in [-0.4, -0.2) is 140 Å². The Morgan fingerprint density at radius 3 is 0.267 bits per heavy atom. The maximum atomic E-state index is 7.00. The Balaban J connectivity index is -0.000000107. The van der Waals surface area contributed by atoms with E-state index in [2.05, 4.69) is 111 Å². The van der Waals surface area contributed by atoms with Crippen LogP contribution in [0.25, 0.3) is 0 Å². The quantitative estimate of drug-likeness (QED) is 0.0414. The van der Waals surface area contributed by atoms with E-state index in [1.54, 1.807) is 0 Å². The number of quaternary nitrogens is 4. The summed E-state index contributed by atoms with van der Waals surface area (Å²) in [6, 6.07) is 0. The van der Waals surface area contributed by atoms with Gasteiger partial charge in [0.1, 0.15) is 0 Å². The number of hydrogen-bond donors (Lipinski definition) is 2. The molecule has 0 saturated heterocycles. The molecule has 0 rings (SSSR count). The van der Waals surface area contributed by atoms with Crippen LogP contribution in [0, 0.1) is 0 Å². The third kappa shape index (κ3) is 59.5. The highest BCUT2D eigenvalue weighted by molar-refractivity contribution is 6.13. The van der Waals surface area contributed by atoms with Gasteiger partial charge in [-0.2, -0.15) is 0 Å². The molecule has 465 valence electrons. The van der Waals surface area contributed by atoms with Gasteiger partial charge in [0.2, 0.25) is 0 Å². The number of unbranched alkanes of at least 4 members (excludes halogenated alkanes) is 16. The van der Waals surface area contributed by atoms with E-state index < -0.39 is 0 Å². The highest BCUT2D eigenvalue weighted by atomic mass is 19.0. The minimum Gasteiger partial charge on any atom is -1.00 e. The standard InChI is InChI=1S/4C16H36N.BH2O2.4FH/c4*1-5-9-13-17(14-10-6-2,15-11-7-3)16-12-8-4;2-1-3;;;;/h4*5-16H2,1-4H3;2-3H;4*1H/q4*+1;;;;;/p-4. The zero-order chi connectivity index (χ0) is 54.6. The molecule has 0 saturated carbocycles. The van der Waals surface area contributed by atoms with Gasteiger partial charge in [-0.25, -0.2) is 0 Å². The van der Waals surface area contributed by atoms with E-state index in [0.29, 0.717) is 0 Å². The van der Waals surface area contributed by atoms with Crippen LogP contribution in [0.2, 0.25) is 0 Å². The lowest BCUT2D eigenvalue weighted by Crippen LogP contribution is -3.00. The van der Waals surface area contributed by atoms with Crippen molar-refractivity contribution in [2.24, 2.45) is 0 Å². The molecule has 0 fully saturated rings. The normalized spacial score (nSPS) is 11.1. The number of halogens is 4. The zero-order valence-electron chi connectivity index (χ0n) is 54.7. The third-order valence-corrected chi connectivity index (χ3v) is 15.8. The second-order valence-corrected chi connectivity index (χ2v) is 22.7. The minimum absolute atomic E-state index is 0. The van der Waals surface area contributed by atoms with Crippen molar-refractivity contribution in [2.75, 3.05) is 105 Å². The fourth-order valence-electron chi connectivity index (χ4n) is 10.6. The van der Waals surface area contributed by atoms with Crippen molar-refractivity contribution in [1.82, 2.24) is 0 Å². The SMILES string of the molecule is CCCC[N+](CCCC)(CCCC)CCCC.CCCC[N+](CCCC)(CCCC)CCCC.CCCC[N+](CCCC)(CCCC)CCCC.CCCC[N+](CCCC)(CCCC)CCCC.O[B]O.[F-].[F-].[F-].[F-]. The molecule has 0 unspecified atom stereocenters. The summed E-state index contributed by atoms with van der Waals surface area (Å²) >= 11 is 0.